The fraction of sp³-hybridized carbons (Fsp3) is 0.143. The van der Waals surface area contributed by atoms with Gasteiger partial charge in [-0.1, -0.05) is 0 Å². The van der Waals surface area contributed by atoms with Crippen LogP contribution >= 0.6 is 15.9 Å². The molecule has 0 spiro atoms. The van der Waals surface area contributed by atoms with E-state index < -0.39 is 22.9 Å². The minimum atomic E-state index is -2.99. The lowest BCUT2D eigenvalue weighted by Crippen LogP contribution is -2.01. The molecule has 0 bridgehead atoms. The third-order valence-electron chi connectivity index (χ3n) is 1.52. The number of carbonyl (C=O) groups excluding carboxylic acids is 1. The van der Waals surface area contributed by atoms with E-state index in [1.165, 1.54) is 0 Å². The van der Waals surface area contributed by atoms with E-state index >= 15 is 0 Å². The lowest BCUT2D eigenvalue weighted by atomic mass is 10.2. The van der Waals surface area contributed by atoms with Crippen LogP contribution in [-0.4, -0.2) is 16.2 Å². The maximum atomic E-state index is 12.4. The average molecular weight is 281 g/mol. The molecule has 0 saturated carbocycles. The molecule has 0 unspecified atom stereocenters. The number of halogens is 3. The Morgan fingerprint density at radius 2 is 2.20 bits per heavy atom. The van der Waals surface area contributed by atoms with Gasteiger partial charge in [-0.3, -0.25) is 4.79 Å². The first kappa shape index (κ1) is 11.6. The third kappa shape index (κ3) is 2.32. The molecule has 0 atom stereocenters. The van der Waals surface area contributed by atoms with Gasteiger partial charge in [0.05, 0.1) is 4.47 Å². The average Bonchev–Trinajstić information content (AvgIpc) is 2.17. The zero-order valence-electron chi connectivity index (χ0n) is 6.99. The van der Waals surface area contributed by atoms with Gasteiger partial charge in [0.25, 0.3) is 0 Å². The topological polar surface area (TPSA) is 73.1 Å². The van der Waals surface area contributed by atoms with Crippen molar-refractivity contribution < 1.29 is 18.5 Å². The molecule has 15 heavy (non-hydrogen) atoms. The minimum Gasteiger partial charge on any atom is -0.358 e. The predicted molar refractivity (Wildman–Crippen MR) is 48.9 cm³/mol. The largest absolute Gasteiger partial charge is 0.364 e. The van der Waals surface area contributed by atoms with Crippen molar-refractivity contribution in [1.29, 1.82) is 0 Å². The smallest absolute Gasteiger partial charge is 0.358 e. The van der Waals surface area contributed by atoms with E-state index in [0.717, 1.165) is 6.07 Å². The van der Waals surface area contributed by atoms with Gasteiger partial charge in [-0.15, -0.1) is 0 Å². The number of nitro groups is 1. The van der Waals surface area contributed by atoms with E-state index in [1.807, 2.05) is 0 Å². The number of aromatic nitrogens is 1. The second-order valence-electron chi connectivity index (χ2n) is 2.44. The molecular formula is C7H3BrF2N2O3. The Morgan fingerprint density at radius 1 is 1.60 bits per heavy atom. The van der Waals surface area contributed by atoms with Crippen LogP contribution in [0, 0.1) is 10.1 Å². The highest BCUT2D eigenvalue weighted by atomic mass is 79.9. The van der Waals surface area contributed by atoms with E-state index in [1.54, 1.807) is 0 Å². The van der Waals surface area contributed by atoms with Crippen molar-refractivity contribution in [1.82, 2.24) is 4.98 Å². The number of rotatable bonds is 3. The highest BCUT2D eigenvalue weighted by Crippen LogP contribution is 2.30. The molecular weight excluding hydrogens is 278 g/mol. The monoisotopic (exact) mass is 280 g/mol. The van der Waals surface area contributed by atoms with Crippen molar-refractivity contribution in [2.75, 3.05) is 0 Å². The van der Waals surface area contributed by atoms with Crippen molar-refractivity contribution in [2.45, 2.75) is 6.43 Å². The van der Waals surface area contributed by atoms with Crippen LogP contribution in [0.1, 0.15) is 22.5 Å². The Labute approximate surface area is 90.4 Å². The molecule has 0 amide bonds. The molecule has 0 radical (unpaired) electrons. The predicted octanol–water partition coefficient (Wildman–Crippen LogP) is 2.50. The van der Waals surface area contributed by atoms with E-state index in [0.29, 0.717) is 0 Å². The van der Waals surface area contributed by atoms with Crippen LogP contribution in [0.2, 0.25) is 0 Å². The van der Waals surface area contributed by atoms with Crippen LogP contribution in [-0.2, 0) is 0 Å². The summed E-state index contributed by atoms with van der Waals surface area (Å²) in [5.74, 6) is -0.782. The van der Waals surface area contributed by atoms with Gasteiger partial charge in [-0.25, -0.2) is 8.78 Å². The Hall–Kier alpha value is -1.44. The van der Waals surface area contributed by atoms with E-state index in [2.05, 4.69) is 20.9 Å². The summed E-state index contributed by atoms with van der Waals surface area (Å²) in [4.78, 5) is 23.0. The van der Waals surface area contributed by atoms with Crippen molar-refractivity contribution >= 4 is 28.0 Å². The molecule has 0 N–H and O–H groups in total. The Kier molecular flexibility index (Phi) is 3.40. The molecule has 1 heterocycles. The third-order valence-corrected chi connectivity index (χ3v) is 2.38. The van der Waals surface area contributed by atoms with Crippen LogP contribution in [0.4, 0.5) is 14.6 Å². The van der Waals surface area contributed by atoms with Gasteiger partial charge < -0.3 is 10.1 Å². The molecule has 0 saturated heterocycles. The maximum Gasteiger partial charge on any atom is 0.364 e. The molecule has 0 aliphatic carbocycles. The number of pyridine rings is 1. The molecule has 80 valence electrons. The zero-order chi connectivity index (χ0) is 11.6. The van der Waals surface area contributed by atoms with E-state index in [9.17, 15) is 23.7 Å². The number of carbonyl (C=O) groups is 1. The summed E-state index contributed by atoms with van der Waals surface area (Å²) >= 11 is 2.73. The van der Waals surface area contributed by atoms with Crippen LogP contribution in [0.3, 0.4) is 0 Å². The lowest BCUT2D eigenvalue weighted by molar-refractivity contribution is -0.389. The molecule has 5 nitrogen and oxygen atoms in total. The molecule has 1 rings (SSSR count). The van der Waals surface area contributed by atoms with Crippen molar-refractivity contribution in [3.05, 3.63) is 31.9 Å². The van der Waals surface area contributed by atoms with Gasteiger partial charge in [-0.2, -0.15) is 0 Å². The highest BCUT2D eigenvalue weighted by Gasteiger charge is 2.25. The first-order valence-electron chi connectivity index (χ1n) is 3.55. The Morgan fingerprint density at radius 3 is 2.60 bits per heavy atom. The Bertz CT molecular complexity index is 425. The summed E-state index contributed by atoms with van der Waals surface area (Å²) in [6, 6.07) is 0.822. The first-order valence-corrected chi connectivity index (χ1v) is 4.34. The van der Waals surface area contributed by atoms with Gasteiger partial charge >= 0.3 is 12.2 Å². The SMILES string of the molecule is O=Cc1cc([N+](=O)[O-])nc(C(F)F)c1Br. The zero-order valence-corrected chi connectivity index (χ0v) is 8.57. The lowest BCUT2D eigenvalue weighted by Gasteiger charge is -2.01. The standard InChI is InChI=1S/C7H3BrF2N2O3/c8-5-3(2-13)1-4(12(14)15)11-6(5)7(9)10/h1-2,7H. The molecule has 1 aromatic rings. The van der Waals surface area contributed by atoms with Crippen LogP contribution in [0.5, 0.6) is 0 Å². The second-order valence-corrected chi connectivity index (χ2v) is 3.24. The van der Waals surface area contributed by atoms with Crippen molar-refractivity contribution in [2.24, 2.45) is 0 Å². The molecule has 1 aromatic heterocycles. The molecule has 0 fully saturated rings. The van der Waals surface area contributed by atoms with Crippen LogP contribution in [0.25, 0.3) is 0 Å². The summed E-state index contributed by atoms with van der Waals surface area (Å²) in [7, 11) is 0. The quantitative estimate of drug-likeness (QED) is 0.484. The normalized spacial score (nSPS) is 10.4. The molecule has 0 aliphatic rings. The molecule has 8 heteroatoms. The van der Waals surface area contributed by atoms with Gasteiger partial charge in [0.1, 0.15) is 0 Å². The number of hydrogen-bond acceptors (Lipinski definition) is 4. The molecule has 0 aliphatic heterocycles. The van der Waals surface area contributed by atoms with Crippen molar-refractivity contribution in [3.63, 3.8) is 0 Å². The van der Waals surface area contributed by atoms with Crippen LogP contribution < -0.4 is 0 Å². The highest BCUT2D eigenvalue weighted by molar-refractivity contribution is 9.10. The minimum absolute atomic E-state index is 0.224. The summed E-state index contributed by atoms with van der Waals surface area (Å²) < 4.78 is 24.5. The summed E-state index contributed by atoms with van der Waals surface area (Å²) in [5, 5.41) is 10.3. The number of hydrogen-bond donors (Lipinski definition) is 0. The van der Waals surface area contributed by atoms with E-state index in [-0.39, 0.29) is 16.3 Å². The summed E-state index contributed by atoms with van der Waals surface area (Å²) in [6.07, 6.45) is -2.75. The van der Waals surface area contributed by atoms with Crippen molar-refractivity contribution in [3.8, 4) is 0 Å². The van der Waals surface area contributed by atoms with Gasteiger partial charge in [0.15, 0.2) is 6.29 Å². The number of aldehydes is 1. The Balaban J connectivity index is 3.45. The van der Waals surface area contributed by atoms with E-state index in [4.69, 9.17) is 0 Å². The summed E-state index contributed by atoms with van der Waals surface area (Å²) in [6.45, 7) is 0. The van der Waals surface area contributed by atoms with Gasteiger partial charge in [0.2, 0.25) is 5.69 Å². The number of nitrogens with zero attached hydrogens (tertiary/aromatic N) is 2. The molecule has 0 aromatic carbocycles. The fourth-order valence-electron chi connectivity index (χ4n) is 0.879. The fourth-order valence-corrected chi connectivity index (χ4v) is 1.35. The maximum absolute atomic E-state index is 12.4. The van der Waals surface area contributed by atoms with Crippen LogP contribution in [0.15, 0.2) is 10.5 Å². The number of alkyl halides is 2. The van der Waals surface area contributed by atoms with Gasteiger partial charge in [-0.05, 0) is 25.8 Å². The second kappa shape index (κ2) is 4.39. The van der Waals surface area contributed by atoms with Gasteiger partial charge in [0, 0.05) is 11.6 Å². The first-order chi connectivity index (χ1) is 6.97. The summed E-state index contributed by atoms with van der Waals surface area (Å²) in [5.41, 5.74) is -1.04.